The number of nitrogens with zero attached hydrogens (tertiary/aromatic N) is 2. The summed E-state index contributed by atoms with van der Waals surface area (Å²) in [7, 11) is 1.61. The topological polar surface area (TPSA) is 60.5 Å². The van der Waals surface area contributed by atoms with Gasteiger partial charge in [0.2, 0.25) is 5.78 Å². The number of benzene rings is 2. The van der Waals surface area contributed by atoms with Crippen molar-refractivity contribution in [2.45, 2.75) is 19.9 Å². The molecule has 0 aromatic heterocycles. The van der Waals surface area contributed by atoms with E-state index >= 15 is 0 Å². The van der Waals surface area contributed by atoms with Crippen LogP contribution in [0, 0.1) is 6.92 Å². The molecule has 0 atom stereocenters. The van der Waals surface area contributed by atoms with E-state index in [-0.39, 0.29) is 5.78 Å². The van der Waals surface area contributed by atoms with E-state index in [1.54, 1.807) is 13.2 Å². The van der Waals surface area contributed by atoms with Gasteiger partial charge in [-0.05, 0) is 50.2 Å². The van der Waals surface area contributed by atoms with Gasteiger partial charge in [-0.1, -0.05) is 15.9 Å². The number of fused-ring (bicyclic) bond motifs is 2. The van der Waals surface area contributed by atoms with Crippen LogP contribution < -0.4 is 14.2 Å². The molecule has 0 saturated carbocycles. The maximum Gasteiger partial charge on any atom is 0.231 e. The molecule has 0 aliphatic carbocycles. The maximum atomic E-state index is 13.2. The van der Waals surface area contributed by atoms with Crippen LogP contribution in [0.4, 0.5) is 0 Å². The van der Waals surface area contributed by atoms with Crippen molar-refractivity contribution >= 4 is 27.8 Å². The van der Waals surface area contributed by atoms with Crippen molar-refractivity contribution in [3.05, 3.63) is 56.8 Å². The number of methoxy groups -OCH3 is 1. The molecular formula is C26H29BrN2O5. The van der Waals surface area contributed by atoms with E-state index < -0.39 is 0 Å². The van der Waals surface area contributed by atoms with Crippen LogP contribution >= 0.6 is 15.9 Å². The van der Waals surface area contributed by atoms with Crippen LogP contribution in [0.3, 0.4) is 0 Å². The van der Waals surface area contributed by atoms with Gasteiger partial charge in [0.15, 0.2) is 5.76 Å². The molecule has 0 amide bonds. The Hall–Kier alpha value is -2.39. The minimum Gasteiger partial charge on any atom is -0.496 e. The van der Waals surface area contributed by atoms with Gasteiger partial charge in [-0.15, -0.1) is 0 Å². The maximum absolute atomic E-state index is 13.2. The molecule has 3 aliphatic heterocycles. The minimum atomic E-state index is -0.118. The number of carbonyl (C=O) groups is 1. The lowest BCUT2D eigenvalue weighted by atomic mass is 10.00. The fourth-order valence-electron chi connectivity index (χ4n) is 4.74. The first-order valence-corrected chi connectivity index (χ1v) is 12.4. The number of hydrogen-bond acceptors (Lipinski definition) is 7. The standard InChI is InChI=1S/C26H29BrN2O5/c1-17-25-19(15-29(16-33-25)7-3-6-28-8-10-32-11-9-28)13-21-24(30)23(34-26(17)21)14-18-12-20(27)4-5-22(18)31-2/h4-5,12-14H,3,6-11,15-16H2,1-2H3/b23-14-. The van der Waals surface area contributed by atoms with Crippen molar-refractivity contribution in [3.8, 4) is 17.2 Å². The third-order valence-corrected chi connectivity index (χ3v) is 7.03. The van der Waals surface area contributed by atoms with Crippen molar-refractivity contribution in [3.63, 3.8) is 0 Å². The summed E-state index contributed by atoms with van der Waals surface area (Å²) in [4.78, 5) is 18.0. The summed E-state index contributed by atoms with van der Waals surface area (Å²) < 4.78 is 24.0. The van der Waals surface area contributed by atoms with Crippen LogP contribution in [0.1, 0.15) is 33.5 Å². The van der Waals surface area contributed by atoms with E-state index in [9.17, 15) is 4.79 Å². The molecule has 3 heterocycles. The highest BCUT2D eigenvalue weighted by Crippen LogP contribution is 2.43. The van der Waals surface area contributed by atoms with Crippen molar-refractivity contribution in [2.24, 2.45) is 0 Å². The van der Waals surface area contributed by atoms with E-state index in [1.165, 1.54) is 0 Å². The molecule has 0 bridgehead atoms. The molecule has 0 spiro atoms. The Morgan fingerprint density at radius 3 is 2.71 bits per heavy atom. The predicted molar refractivity (Wildman–Crippen MR) is 133 cm³/mol. The molecule has 2 aromatic rings. The molecular weight excluding hydrogens is 500 g/mol. The zero-order valence-corrected chi connectivity index (χ0v) is 21.2. The number of ketones is 1. The summed E-state index contributed by atoms with van der Waals surface area (Å²) in [5.41, 5.74) is 3.28. The Kier molecular flexibility index (Phi) is 6.92. The fraction of sp³-hybridized carbons (Fsp3) is 0.423. The van der Waals surface area contributed by atoms with Crippen LogP contribution in [0.15, 0.2) is 34.5 Å². The van der Waals surface area contributed by atoms with E-state index in [4.69, 9.17) is 18.9 Å². The molecule has 1 fully saturated rings. The highest BCUT2D eigenvalue weighted by atomic mass is 79.9. The van der Waals surface area contributed by atoms with Gasteiger partial charge in [0.05, 0.1) is 25.9 Å². The molecule has 2 aromatic carbocycles. The predicted octanol–water partition coefficient (Wildman–Crippen LogP) is 4.26. The first-order chi connectivity index (χ1) is 16.5. The van der Waals surface area contributed by atoms with E-state index in [0.29, 0.717) is 29.6 Å². The number of allylic oxidation sites excluding steroid dienone is 1. The van der Waals surface area contributed by atoms with Gasteiger partial charge in [0.25, 0.3) is 0 Å². The largest absolute Gasteiger partial charge is 0.496 e. The Bertz CT molecular complexity index is 1130. The zero-order valence-electron chi connectivity index (χ0n) is 19.6. The molecule has 34 heavy (non-hydrogen) atoms. The number of carbonyl (C=O) groups excluding carboxylic acids is 1. The first kappa shape index (κ1) is 23.4. The average Bonchev–Trinajstić information content (AvgIpc) is 3.15. The highest BCUT2D eigenvalue weighted by molar-refractivity contribution is 9.10. The van der Waals surface area contributed by atoms with Crippen LogP contribution in [-0.4, -0.2) is 68.8 Å². The van der Waals surface area contributed by atoms with Crippen LogP contribution in [0.2, 0.25) is 0 Å². The average molecular weight is 529 g/mol. The van der Waals surface area contributed by atoms with Gasteiger partial charge < -0.3 is 18.9 Å². The third-order valence-electron chi connectivity index (χ3n) is 6.53. The van der Waals surface area contributed by atoms with Gasteiger partial charge in [-0.25, -0.2) is 0 Å². The molecule has 7 nitrogen and oxygen atoms in total. The van der Waals surface area contributed by atoms with Crippen molar-refractivity contribution in [1.29, 1.82) is 0 Å². The van der Waals surface area contributed by atoms with Crippen LogP contribution in [0.5, 0.6) is 17.2 Å². The number of hydrogen-bond donors (Lipinski definition) is 0. The summed E-state index contributed by atoms with van der Waals surface area (Å²) >= 11 is 3.48. The van der Waals surface area contributed by atoms with E-state index in [2.05, 4.69) is 25.7 Å². The SMILES string of the molecule is COc1ccc(Br)cc1/C=C1\Oc2c(cc3c(c2C)OCN(CCCN2CCOCC2)C3)C1=O. The van der Waals surface area contributed by atoms with Crippen LogP contribution in [0.25, 0.3) is 6.08 Å². The zero-order chi connectivity index (χ0) is 23.7. The van der Waals surface area contributed by atoms with E-state index in [1.807, 2.05) is 31.2 Å². The fourth-order valence-corrected chi connectivity index (χ4v) is 5.12. The highest BCUT2D eigenvalue weighted by Gasteiger charge is 2.33. The summed E-state index contributed by atoms with van der Waals surface area (Å²) in [6.45, 7) is 8.95. The molecule has 3 aliphatic rings. The Balaban J connectivity index is 1.31. The lowest BCUT2D eigenvalue weighted by Gasteiger charge is -2.31. The minimum absolute atomic E-state index is 0.118. The Morgan fingerprint density at radius 2 is 1.91 bits per heavy atom. The van der Waals surface area contributed by atoms with Crippen molar-refractivity contribution in [1.82, 2.24) is 9.80 Å². The second-order valence-electron chi connectivity index (χ2n) is 8.83. The number of morpholine rings is 1. The van der Waals surface area contributed by atoms with Gasteiger partial charge in [0.1, 0.15) is 24.0 Å². The van der Waals surface area contributed by atoms with Gasteiger partial charge >= 0.3 is 0 Å². The quantitative estimate of drug-likeness (QED) is 0.519. The normalized spacial score (nSPS) is 19.5. The third kappa shape index (κ3) is 4.73. The van der Waals surface area contributed by atoms with E-state index in [0.717, 1.165) is 79.3 Å². The molecule has 0 N–H and O–H groups in total. The number of halogens is 1. The van der Waals surface area contributed by atoms with Gasteiger partial charge in [-0.3, -0.25) is 14.6 Å². The van der Waals surface area contributed by atoms with Crippen molar-refractivity contribution < 1.29 is 23.7 Å². The van der Waals surface area contributed by atoms with Gasteiger partial charge in [0, 0.05) is 47.3 Å². The smallest absolute Gasteiger partial charge is 0.231 e. The van der Waals surface area contributed by atoms with Crippen LogP contribution in [-0.2, 0) is 11.3 Å². The number of ether oxygens (including phenoxy) is 4. The molecule has 8 heteroatoms. The van der Waals surface area contributed by atoms with Gasteiger partial charge in [-0.2, -0.15) is 0 Å². The molecule has 0 unspecified atom stereocenters. The molecule has 5 rings (SSSR count). The summed E-state index contributed by atoms with van der Waals surface area (Å²) in [5, 5.41) is 0. The summed E-state index contributed by atoms with van der Waals surface area (Å²) in [5.74, 6) is 2.27. The number of rotatable bonds is 6. The Labute approximate surface area is 208 Å². The lowest BCUT2D eigenvalue weighted by molar-refractivity contribution is 0.0329. The lowest BCUT2D eigenvalue weighted by Crippen LogP contribution is -2.39. The number of Topliss-reactive ketones (excluding diaryl/α,β-unsaturated/α-hetero) is 1. The Morgan fingerprint density at radius 1 is 1.12 bits per heavy atom. The second kappa shape index (κ2) is 10.1. The van der Waals surface area contributed by atoms with Crippen molar-refractivity contribution in [2.75, 3.05) is 53.2 Å². The second-order valence-corrected chi connectivity index (χ2v) is 9.74. The first-order valence-electron chi connectivity index (χ1n) is 11.6. The summed E-state index contributed by atoms with van der Waals surface area (Å²) in [6.07, 6.45) is 2.81. The molecule has 1 saturated heterocycles. The molecule has 180 valence electrons. The molecule has 0 radical (unpaired) electrons. The summed E-state index contributed by atoms with van der Waals surface area (Å²) in [6, 6.07) is 7.60. The monoisotopic (exact) mass is 528 g/mol.